The van der Waals surface area contributed by atoms with Crippen LogP contribution in [0.4, 0.5) is 0 Å². The third kappa shape index (κ3) is 1.92. The van der Waals surface area contributed by atoms with Gasteiger partial charge in [-0.25, -0.2) is 4.98 Å². The summed E-state index contributed by atoms with van der Waals surface area (Å²) in [7, 11) is 0. The van der Waals surface area contributed by atoms with E-state index in [1.165, 1.54) is 0 Å². The summed E-state index contributed by atoms with van der Waals surface area (Å²) >= 11 is 0. The number of aryl methyl sites for hydroxylation is 2. The monoisotopic (exact) mass is 269 g/mol. The molecule has 0 saturated heterocycles. The molecule has 0 aliphatic rings. The van der Waals surface area contributed by atoms with Crippen molar-refractivity contribution in [3.05, 3.63) is 41.1 Å². The number of phenols is 1. The van der Waals surface area contributed by atoms with E-state index in [2.05, 4.69) is 15.2 Å². The van der Waals surface area contributed by atoms with E-state index >= 15 is 0 Å². The minimum Gasteiger partial charge on any atom is -0.508 e. The molecule has 3 N–H and O–H groups in total. The minimum atomic E-state index is -0.0660. The summed E-state index contributed by atoms with van der Waals surface area (Å²) in [6.45, 7) is 3.67. The lowest BCUT2D eigenvalue weighted by Gasteiger charge is -2.07. The van der Waals surface area contributed by atoms with Crippen LogP contribution in [0.3, 0.4) is 0 Å². The molecular formula is C15H15N3O2. The number of nitrogens with one attached hydrogen (secondary N) is 1. The van der Waals surface area contributed by atoms with E-state index in [0.717, 1.165) is 33.5 Å². The molecular weight excluding hydrogens is 254 g/mol. The van der Waals surface area contributed by atoms with E-state index in [4.69, 9.17) is 0 Å². The molecule has 1 aromatic carbocycles. The van der Waals surface area contributed by atoms with Gasteiger partial charge < -0.3 is 10.2 Å². The Hall–Kier alpha value is -2.40. The summed E-state index contributed by atoms with van der Waals surface area (Å²) < 4.78 is 0. The molecule has 3 aromatic rings. The van der Waals surface area contributed by atoms with E-state index in [0.29, 0.717) is 5.65 Å². The SMILES string of the molecule is Cc1cc(-c2cc(CO)c3c(C)[nH]nc3n2)ccc1O. The summed E-state index contributed by atoms with van der Waals surface area (Å²) in [4.78, 5) is 4.51. The van der Waals surface area contributed by atoms with Crippen molar-refractivity contribution in [2.45, 2.75) is 20.5 Å². The fourth-order valence-electron chi connectivity index (χ4n) is 2.35. The molecule has 3 rings (SSSR count). The number of hydrogen-bond acceptors (Lipinski definition) is 4. The number of aliphatic hydroxyl groups excluding tert-OH is 1. The van der Waals surface area contributed by atoms with Gasteiger partial charge in [0, 0.05) is 16.6 Å². The highest BCUT2D eigenvalue weighted by atomic mass is 16.3. The quantitative estimate of drug-likeness (QED) is 0.667. The lowest BCUT2D eigenvalue weighted by molar-refractivity contribution is 0.283. The van der Waals surface area contributed by atoms with Crippen molar-refractivity contribution in [2.75, 3.05) is 0 Å². The van der Waals surface area contributed by atoms with Crippen molar-refractivity contribution in [2.24, 2.45) is 0 Å². The minimum absolute atomic E-state index is 0.0660. The first-order valence-corrected chi connectivity index (χ1v) is 6.35. The molecule has 2 aromatic heterocycles. The molecule has 0 spiro atoms. The number of pyridine rings is 1. The van der Waals surface area contributed by atoms with E-state index in [9.17, 15) is 10.2 Å². The lowest BCUT2D eigenvalue weighted by Crippen LogP contribution is -1.92. The van der Waals surface area contributed by atoms with Crippen molar-refractivity contribution in [3.63, 3.8) is 0 Å². The van der Waals surface area contributed by atoms with Gasteiger partial charge in [-0.3, -0.25) is 5.10 Å². The van der Waals surface area contributed by atoms with Crippen LogP contribution >= 0.6 is 0 Å². The van der Waals surface area contributed by atoms with Crippen molar-refractivity contribution in [1.29, 1.82) is 0 Å². The summed E-state index contributed by atoms with van der Waals surface area (Å²) in [5.74, 6) is 0.257. The number of benzene rings is 1. The topological polar surface area (TPSA) is 82.0 Å². The second-order valence-corrected chi connectivity index (χ2v) is 4.87. The third-order valence-corrected chi connectivity index (χ3v) is 3.45. The van der Waals surface area contributed by atoms with Crippen LogP contribution in [0.5, 0.6) is 5.75 Å². The highest BCUT2D eigenvalue weighted by molar-refractivity contribution is 5.84. The Morgan fingerprint density at radius 1 is 1.20 bits per heavy atom. The zero-order valence-corrected chi connectivity index (χ0v) is 11.3. The average molecular weight is 269 g/mol. The molecule has 0 radical (unpaired) electrons. The van der Waals surface area contributed by atoms with Gasteiger partial charge in [0.05, 0.1) is 12.3 Å². The number of H-pyrrole nitrogens is 1. The standard InChI is InChI=1S/C15H15N3O2/c1-8-5-10(3-4-13(8)20)12-6-11(7-19)14-9(2)17-18-15(14)16-12/h3-6,19-20H,7H2,1-2H3,(H,16,17,18). The predicted octanol–water partition coefficient (Wildman–Crippen LogP) is 2.44. The molecule has 0 fully saturated rings. The van der Waals surface area contributed by atoms with Gasteiger partial charge in [0.2, 0.25) is 0 Å². The van der Waals surface area contributed by atoms with Crippen molar-refractivity contribution in [1.82, 2.24) is 15.2 Å². The Balaban J connectivity index is 2.23. The van der Waals surface area contributed by atoms with Crippen LogP contribution in [-0.2, 0) is 6.61 Å². The molecule has 0 atom stereocenters. The molecule has 0 aliphatic carbocycles. The highest BCUT2D eigenvalue weighted by Crippen LogP contribution is 2.28. The summed E-state index contributed by atoms with van der Waals surface area (Å²) in [6, 6.07) is 7.17. The molecule has 0 aliphatic heterocycles. The number of rotatable bonds is 2. The number of aromatic nitrogens is 3. The number of phenolic OH excluding ortho intramolecular Hbond substituents is 1. The second-order valence-electron chi connectivity index (χ2n) is 4.87. The van der Waals surface area contributed by atoms with Gasteiger partial charge in [-0.1, -0.05) is 0 Å². The normalized spacial score (nSPS) is 11.2. The van der Waals surface area contributed by atoms with Crippen molar-refractivity contribution >= 4 is 11.0 Å². The summed E-state index contributed by atoms with van der Waals surface area (Å²) in [5.41, 5.74) is 4.68. The van der Waals surface area contributed by atoms with Gasteiger partial charge in [-0.2, -0.15) is 5.10 Å². The van der Waals surface area contributed by atoms with Crippen LogP contribution in [0.1, 0.15) is 16.8 Å². The summed E-state index contributed by atoms with van der Waals surface area (Å²) in [5, 5.41) is 27.0. The Kier molecular flexibility index (Phi) is 2.91. The van der Waals surface area contributed by atoms with Crippen LogP contribution < -0.4 is 0 Å². The predicted molar refractivity (Wildman–Crippen MR) is 76.4 cm³/mol. The zero-order valence-electron chi connectivity index (χ0n) is 11.3. The van der Waals surface area contributed by atoms with Crippen LogP contribution in [0, 0.1) is 13.8 Å². The maximum atomic E-state index is 9.59. The van der Waals surface area contributed by atoms with E-state index in [-0.39, 0.29) is 12.4 Å². The Bertz CT molecular complexity index is 793. The van der Waals surface area contributed by atoms with Crippen molar-refractivity contribution < 1.29 is 10.2 Å². The van der Waals surface area contributed by atoms with E-state index < -0.39 is 0 Å². The molecule has 102 valence electrons. The van der Waals surface area contributed by atoms with Crippen LogP contribution in [-0.4, -0.2) is 25.4 Å². The lowest BCUT2D eigenvalue weighted by atomic mass is 10.0. The van der Waals surface area contributed by atoms with Gasteiger partial charge in [-0.05, 0) is 49.2 Å². The highest BCUT2D eigenvalue weighted by Gasteiger charge is 2.12. The molecule has 5 nitrogen and oxygen atoms in total. The number of aromatic hydroxyl groups is 1. The summed E-state index contributed by atoms with van der Waals surface area (Å²) in [6.07, 6.45) is 0. The van der Waals surface area contributed by atoms with Gasteiger partial charge in [0.15, 0.2) is 5.65 Å². The Labute approximate surface area is 115 Å². The molecule has 0 amide bonds. The van der Waals surface area contributed by atoms with Gasteiger partial charge in [0.1, 0.15) is 5.75 Å². The number of aromatic amines is 1. The first kappa shape index (κ1) is 12.6. The molecule has 5 heteroatoms. The maximum absolute atomic E-state index is 9.59. The molecule has 20 heavy (non-hydrogen) atoms. The second kappa shape index (κ2) is 4.61. The van der Waals surface area contributed by atoms with Gasteiger partial charge in [0.25, 0.3) is 0 Å². The first-order chi connectivity index (χ1) is 9.60. The largest absolute Gasteiger partial charge is 0.508 e. The van der Waals surface area contributed by atoms with Crippen LogP contribution in [0.2, 0.25) is 0 Å². The van der Waals surface area contributed by atoms with Gasteiger partial charge in [-0.15, -0.1) is 0 Å². The Morgan fingerprint density at radius 3 is 2.70 bits per heavy atom. The fraction of sp³-hybridized carbons (Fsp3) is 0.200. The fourth-order valence-corrected chi connectivity index (χ4v) is 2.35. The average Bonchev–Trinajstić information content (AvgIpc) is 2.82. The first-order valence-electron chi connectivity index (χ1n) is 6.35. The molecule has 0 saturated carbocycles. The third-order valence-electron chi connectivity index (χ3n) is 3.45. The van der Waals surface area contributed by atoms with Crippen LogP contribution in [0.25, 0.3) is 22.3 Å². The number of aliphatic hydroxyl groups is 1. The van der Waals surface area contributed by atoms with E-state index in [1.54, 1.807) is 12.1 Å². The number of nitrogens with zero attached hydrogens (tertiary/aromatic N) is 2. The zero-order chi connectivity index (χ0) is 14.3. The molecule has 0 unspecified atom stereocenters. The van der Waals surface area contributed by atoms with E-state index in [1.807, 2.05) is 26.0 Å². The molecule has 2 heterocycles. The van der Waals surface area contributed by atoms with Gasteiger partial charge >= 0.3 is 0 Å². The maximum Gasteiger partial charge on any atom is 0.182 e. The van der Waals surface area contributed by atoms with Crippen LogP contribution in [0.15, 0.2) is 24.3 Å². The Morgan fingerprint density at radius 2 is 2.00 bits per heavy atom. The number of hydrogen-bond donors (Lipinski definition) is 3. The number of fused-ring (bicyclic) bond motifs is 1. The van der Waals surface area contributed by atoms with Crippen molar-refractivity contribution in [3.8, 4) is 17.0 Å². The smallest absolute Gasteiger partial charge is 0.182 e. The molecule has 0 bridgehead atoms.